The first-order valence-electron chi connectivity index (χ1n) is 9.88. The molecule has 0 aromatic carbocycles. The zero-order valence-electron chi connectivity index (χ0n) is 16.3. The SMILES string of the molecule is Cc1ccc(C#N)c(N2CCC3(CCC(=O)N(Cc4cccnc4)C3)CC2)n1. The molecule has 0 unspecified atom stereocenters. The van der Waals surface area contributed by atoms with E-state index < -0.39 is 0 Å². The molecule has 0 bridgehead atoms. The van der Waals surface area contributed by atoms with Gasteiger partial charge in [-0.25, -0.2) is 4.98 Å². The summed E-state index contributed by atoms with van der Waals surface area (Å²) in [5.41, 5.74) is 2.82. The third-order valence-corrected chi connectivity index (χ3v) is 6.10. The fraction of sp³-hybridized carbons (Fsp3) is 0.455. The van der Waals surface area contributed by atoms with Gasteiger partial charge in [-0.1, -0.05) is 6.07 Å². The minimum absolute atomic E-state index is 0.170. The highest BCUT2D eigenvalue weighted by molar-refractivity contribution is 5.77. The summed E-state index contributed by atoms with van der Waals surface area (Å²) in [6.45, 7) is 5.15. The number of anilines is 1. The van der Waals surface area contributed by atoms with Crippen LogP contribution in [0, 0.1) is 23.7 Å². The maximum Gasteiger partial charge on any atom is 0.222 e. The number of rotatable bonds is 3. The highest BCUT2D eigenvalue weighted by atomic mass is 16.2. The molecule has 144 valence electrons. The quantitative estimate of drug-likeness (QED) is 0.824. The predicted octanol–water partition coefficient (Wildman–Crippen LogP) is 3.07. The van der Waals surface area contributed by atoms with Crippen LogP contribution in [-0.4, -0.2) is 40.4 Å². The topological polar surface area (TPSA) is 73.1 Å². The van der Waals surface area contributed by atoms with Crippen molar-refractivity contribution < 1.29 is 4.79 Å². The molecule has 2 aromatic heterocycles. The van der Waals surface area contributed by atoms with E-state index in [1.807, 2.05) is 42.3 Å². The Hall–Kier alpha value is -2.94. The highest BCUT2D eigenvalue weighted by Crippen LogP contribution is 2.41. The molecule has 4 rings (SSSR count). The number of carbonyl (C=O) groups excluding carboxylic acids is 1. The van der Waals surface area contributed by atoms with Crippen molar-refractivity contribution in [1.82, 2.24) is 14.9 Å². The standard InChI is InChI=1S/C22H25N5O/c1-17-4-5-19(13-23)21(25-17)26-11-8-22(9-12-26)7-6-20(28)27(16-22)15-18-3-2-10-24-14-18/h2-5,10,14H,6-9,11-12,15-16H2,1H3. The van der Waals surface area contributed by atoms with E-state index in [1.165, 1.54) is 0 Å². The lowest BCUT2D eigenvalue weighted by atomic mass is 9.72. The van der Waals surface area contributed by atoms with Gasteiger partial charge in [0.25, 0.3) is 0 Å². The average Bonchev–Trinajstić information content (AvgIpc) is 2.72. The number of nitriles is 1. The molecule has 0 aliphatic carbocycles. The van der Waals surface area contributed by atoms with Gasteiger partial charge in [0.15, 0.2) is 0 Å². The summed E-state index contributed by atoms with van der Waals surface area (Å²) in [6, 6.07) is 9.95. The molecule has 6 heteroatoms. The number of nitrogens with zero attached hydrogens (tertiary/aromatic N) is 5. The molecule has 2 saturated heterocycles. The van der Waals surface area contributed by atoms with Gasteiger partial charge in [0, 0.05) is 50.7 Å². The molecule has 2 aliphatic rings. The van der Waals surface area contributed by atoms with E-state index >= 15 is 0 Å². The molecule has 4 heterocycles. The number of carbonyl (C=O) groups is 1. The zero-order chi connectivity index (χ0) is 19.6. The smallest absolute Gasteiger partial charge is 0.222 e. The highest BCUT2D eigenvalue weighted by Gasteiger charge is 2.41. The number of aromatic nitrogens is 2. The Bertz CT molecular complexity index is 897. The first-order chi connectivity index (χ1) is 13.6. The molecule has 0 N–H and O–H groups in total. The van der Waals surface area contributed by atoms with Crippen molar-refractivity contribution in [1.29, 1.82) is 5.26 Å². The number of aryl methyl sites for hydroxylation is 1. The predicted molar refractivity (Wildman–Crippen MR) is 106 cm³/mol. The summed E-state index contributed by atoms with van der Waals surface area (Å²) in [6.07, 6.45) is 7.20. The lowest BCUT2D eigenvalue weighted by Gasteiger charge is -2.47. The molecular formula is C22H25N5O. The van der Waals surface area contributed by atoms with Gasteiger partial charge in [-0.15, -0.1) is 0 Å². The largest absolute Gasteiger partial charge is 0.355 e. The van der Waals surface area contributed by atoms with Crippen LogP contribution < -0.4 is 4.90 Å². The Labute approximate surface area is 165 Å². The van der Waals surface area contributed by atoms with Crippen molar-refractivity contribution in [2.45, 2.75) is 39.2 Å². The maximum absolute atomic E-state index is 12.5. The fourth-order valence-electron chi connectivity index (χ4n) is 4.43. The molecule has 0 saturated carbocycles. The van der Waals surface area contributed by atoms with Crippen LogP contribution in [0.15, 0.2) is 36.7 Å². The van der Waals surface area contributed by atoms with Gasteiger partial charge in [0.1, 0.15) is 11.9 Å². The van der Waals surface area contributed by atoms with Crippen LogP contribution in [-0.2, 0) is 11.3 Å². The molecule has 2 fully saturated rings. The van der Waals surface area contributed by atoms with Crippen molar-refractivity contribution >= 4 is 11.7 Å². The van der Waals surface area contributed by atoms with Gasteiger partial charge in [-0.2, -0.15) is 5.26 Å². The first kappa shape index (κ1) is 18.4. The van der Waals surface area contributed by atoms with Gasteiger partial charge < -0.3 is 9.80 Å². The number of amides is 1. The Morgan fingerprint density at radius 3 is 2.75 bits per heavy atom. The minimum Gasteiger partial charge on any atom is -0.355 e. The Morgan fingerprint density at radius 2 is 2.04 bits per heavy atom. The van der Waals surface area contributed by atoms with Crippen LogP contribution in [0.4, 0.5) is 5.82 Å². The summed E-state index contributed by atoms with van der Waals surface area (Å²) < 4.78 is 0. The molecule has 1 amide bonds. The van der Waals surface area contributed by atoms with Crippen molar-refractivity contribution in [2.75, 3.05) is 24.5 Å². The number of piperidine rings is 2. The maximum atomic E-state index is 12.5. The van der Waals surface area contributed by atoms with Crippen LogP contribution in [0.1, 0.15) is 42.5 Å². The monoisotopic (exact) mass is 375 g/mol. The van der Waals surface area contributed by atoms with Crippen molar-refractivity contribution in [3.05, 3.63) is 53.5 Å². The molecule has 0 radical (unpaired) electrons. The summed E-state index contributed by atoms with van der Waals surface area (Å²) in [7, 11) is 0. The van der Waals surface area contributed by atoms with Crippen LogP contribution in [0.5, 0.6) is 0 Å². The van der Waals surface area contributed by atoms with Gasteiger partial charge in [0.2, 0.25) is 5.91 Å². The normalized spacial score (nSPS) is 18.9. The summed E-state index contributed by atoms with van der Waals surface area (Å²) in [4.78, 5) is 25.5. The Balaban J connectivity index is 1.45. The lowest BCUT2D eigenvalue weighted by Crippen LogP contribution is -2.51. The molecule has 1 spiro atoms. The number of hydrogen-bond donors (Lipinski definition) is 0. The number of hydrogen-bond acceptors (Lipinski definition) is 5. The van der Waals surface area contributed by atoms with Crippen LogP contribution in [0.25, 0.3) is 0 Å². The van der Waals surface area contributed by atoms with Gasteiger partial charge in [0.05, 0.1) is 5.56 Å². The molecule has 0 atom stereocenters. The third-order valence-electron chi connectivity index (χ3n) is 6.10. The third kappa shape index (κ3) is 3.70. The second-order valence-electron chi connectivity index (χ2n) is 8.03. The van der Waals surface area contributed by atoms with Crippen LogP contribution in [0.3, 0.4) is 0 Å². The minimum atomic E-state index is 0.170. The van der Waals surface area contributed by atoms with E-state index in [-0.39, 0.29) is 11.3 Å². The molecule has 28 heavy (non-hydrogen) atoms. The van der Waals surface area contributed by atoms with Gasteiger partial charge in [-0.05, 0) is 55.4 Å². The molecular weight excluding hydrogens is 350 g/mol. The fourth-order valence-corrected chi connectivity index (χ4v) is 4.43. The van der Waals surface area contributed by atoms with Crippen molar-refractivity contribution in [3.8, 4) is 6.07 Å². The van der Waals surface area contributed by atoms with Crippen LogP contribution >= 0.6 is 0 Å². The van der Waals surface area contributed by atoms with E-state index in [9.17, 15) is 10.1 Å². The van der Waals surface area contributed by atoms with E-state index in [0.29, 0.717) is 18.5 Å². The number of pyridine rings is 2. The van der Waals surface area contributed by atoms with E-state index in [0.717, 1.165) is 56.0 Å². The van der Waals surface area contributed by atoms with Gasteiger partial charge in [-0.3, -0.25) is 9.78 Å². The average molecular weight is 375 g/mol. The second-order valence-corrected chi connectivity index (χ2v) is 8.03. The van der Waals surface area contributed by atoms with E-state index in [1.54, 1.807) is 6.20 Å². The second kappa shape index (κ2) is 7.59. The summed E-state index contributed by atoms with van der Waals surface area (Å²) in [5, 5.41) is 9.42. The number of likely N-dealkylation sites (tertiary alicyclic amines) is 1. The van der Waals surface area contributed by atoms with E-state index in [2.05, 4.69) is 20.9 Å². The van der Waals surface area contributed by atoms with Gasteiger partial charge >= 0.3 is 0 Å². The summed E-state index contributed by atoms with van der Waals surface area (Å²) in [5.74, 6) is 1.04. The Kier molecular flexibility index (Phi) is 4.99. The van der Waals surface area contributed by atoms with Crippen LogP contribution in [0.2, 0.25) is 0 Å². The lowest BCUT2D eigenvalue weighted by molar-refractivity contribution is -0.139. The molecule has 2 aromatic rings. The Morgan fingerprint density at radius 1 is 1.21 bits per heavy atom. The molecule has 6 nitrogen and oxygen atoms in total. The van der Waals surface area contributed by atoms with E-state index in [4.69, 9.17) is 0 Å². The summed E-state index contributed by atoms with van der Waals surface area (Å²) >= 11 is 0. The first-order valence-corrected chi connectivity index (χ1v) is 9.88. The van der Waals surface area contributed by atoms with Crippen molar-refractivity contribution in [2.24, 2.45) is 5.41 Å². The van der Waals surface area contributed by atoms with Crippen molar-refractivity contribution in [3.63, 3.8) is 0 Å². The zero-order valence-corrected chi connectivity index (χ0v) is 16.3. The molecule has 2 aliphatic heterocycles.